The van der Waals surface area contributed by atoms with E-state index < -0.39 is 0 Å². The van der Waals surface area contributed by atoms with Gasteiger partial charge >= 0.3 is 5.97 Å². The van der Waals surface area contributed by atoms with Crippen LogP contribution in [0.1, 0.15) is 29.1 Å². The molecule has 0 saturated carbocycles. The van der Waals surface area contributed by atoms with Gasteiger partial charge in [0.2, 0.25) is 0 Å². The summed E-state index contributed by atoms with van der Waals surface area (Å²) < 4.78 is 11.9. The van der Waals surface area contributed by atoms with Crippen LogP contribution < -0.4 is 0 Å². The van der Waals surface area contributed by atoms with Crippen molar-refractivity contribution in [3.8, 4) is 11.3 Å². The maximum Gasteiger partial charge on any atom is 0.350 e. The Labute approximate surface area is 194 Å². The van der Waals surface area contributed by atoms with E-state index in [-0.39, 0.29) is 12.1 Å². The Hall–Kier alpha value is -2.29. The molecule has 1 aliphatic heterocycles. The van der Waals surface area contributed by atoms with Crippen LogP contribution in [0.15, 0.2) is 39.8 Å². The first-order chi connectivity index (χ1) is 14.9. The topological polar surface area (TPSA) is 64.0 Å². The minimum atomic E-state index is -0.364. The lowest BCUT2D eigenvalue weighted by Crippen LogP contribution is -2.35. The normalized spacial score (nSPS) is 14.7. The average Bonchev–Trinajstić information content (AvgIpc) is 3.12. The zero-order chi connectivity index (χ0) is 22.0. The van der Waals surface area contributed by atoms with Crippen LogP contribution in [0.25, 0.3) is 21.5 Å². The molecule has 0 amide bonds. The van der Waals surface area contributed by atoms with Gasteiger partial charge in [-0.05, 0) is 44.5 Å². The maximum atomic E-state index is 12.8. The van der Waals surface area contributed by atoms with Gasteiger partial charge in [-0.1, -0.05) is 28.1 Å². The van der Waals surface area contributed by atoms with E-state index in [0.717, 1.165) is 44.6 Å². The van der Waals surface area contributed by atoms with Gasteiger partial charge in [-0.25, -0.2) is 14.8 Å². The number of fused-ring (bicyclic) bond motifs is 1. The molecule has 0 unspecified atom stereocenters. The van der Waals surface area contributed by atoms with E-state index in [1.165, 1.54) is 11.3 Å². The molecule has 0 N–H and O–H groups in total. The number of aryl methyl sites for hydroxylation is 1. The number of ether oxygens (including phenoxy) is 2. The van der Waals surface area contributed by atoms with Crippen molar-refractivity contribution in [1.82, 2.24) is 9.88 Å². The summed E-state index contributed by atoms with van der Waals surface area (Å²) in [6, 6.07) is 10.1. The van der Waals surface area contributed by atoms with Crippen molar-refractivity contribution in [3.63, 3.8) is 0 Å². The zero-order valence-electron chi connectivity index (χ0n) is 17.7. The summed E-state index contributed by atoms with van der Waals surface area (Å²) in [6.07, 6.45) is 1.60. The van der Waals surface area contributed by atoms with Gasteiger partial charge in [-0.2, -0.15) is 0 Å². The summed E-state index contributed by atoms with van der Waals surface area (Å²) >= 11 is 4.81. The summed E-state index contributed by atoms with van der Waals surface area (Å²) in [5.74, 6) is -0.364. The molecule has 0 radical (unpaired) electrons. The number of morpholine rings is 1. The number of carbonyl (C=O) groups excluding carboxylic acids is 1. The van der Waals surface area contributed by atoms with Crippen LogP contribution in [0.2, 0.25) is 0 Å². The SMILES string of the molecule is Cc1cc(-c2ccc(Br)cc2)nc2sc(C(=O)OC(C)C)c(N=CN3CCOCC3)c12. The quantitative estimate of drug-likeness (QED) is 0.259. The Morgan fingerprint density at radius 2 is 2.00 bits per heavy atom. The van der Waals surface area contributed by atoms with Gasteiger partial charge in [0.25, 0.3) is 0 Å². The van der Waals surface area contributed by atoms with Crippen molar-refractivity contribution < 1.29 is 14.3 Å². The summed E-state index contributed by atoms with van der Waals surface area (Å²) in [5.41, 5.74) is 3.54. The minimum absolute atomic E-state index is 0.207. The highest BCUT2D eigenvalue weighted by molar-refractivity contribution is 9.10. The number of carbonyl (C=O) groups is 1. The van der Waals surface area contributed by atoms with E-state index in [1.807, 2.05) is 51.1 Å². The molecule has 0 aliphatic carbocycles. The van der Waals surface area contributed by atoms with Crippen molar-refractivity contribution in [3.05, 3.63) is 45.2 Å². The van der Waals surface area contributed by atoms with Gasteiger partial charge in [-0.3, -0.25) is 0 Å². The number of halogens is 1. The first-order valence-electron chi connectivity index (χ1n) is 10.2. The molecule has 8 heteroatoms. The fraction of sp³-hybridized carbons (Fsp3) is 0.348. The van der Waals surface area contributed by atoms with Crippen LogP contribution in [-0.2, 0) is 9.47 Å². The first kappa shape index (κ1) is 21.9. The van der Waals surface area contributed by atoms with Crippen molar-refractivity contribution in [1.29, 1.82) is 0 Å². The fourth-order valence-corrected chi connectivity index (χ4v) is 4.74. The molecule has 162 valence electrons. The largest absolute Gasteiger partial charge is 0.459 e. The van der Waals surface area contributed by atoms with Crippen LogP contribution >= 0.6 is 27.3 Å². The summed E-state index contributed by atoms with van der Waals surface area (Å²) in [6.45, 7) is 8.63. The Morgan fingerprint density at radius 1 is 1.29 bits per heavy atom. The molecule has 1 saturated heterocycles. The zero-order valence-corrected chi connectivity index (χ0v) is 20.1. The number of nitrogens with zero attached hydrogens (tertiary/aromatic N) is 3. The summed E-state index contributed by atoms with van der Waals surface area (Å²) in [7, 11) is 0. The molecule has 6 nitrogen and oxygen atoms in total. The molecular formula is C23H24BrN3O3S. The average molecular weight is 502 g/mol. The lowest BCUT2D eigenvalue weighted by Gasteiger charge is -2.24. The fourth-order valence-electron chi connectivity index (χ4n) is 3.39. The molecule has 2 aromatic heterocycles. The second kappa shape index (κ2) is 9.46. The van der Waals surface area contributed by atoms with E-state index in [1.54, 1.807) is 6.34 Å². The Balaban J connectivity index is 1.80. The van der Waals surface area contributed by atoms with Gasteiger partial charge in [-0.15, -0.1) is 11.3 Å². The number of aromatic nitrogens is 1. The van der Waals surface area contributed by atoms with Crippen LogP contribution in [0.3, 0.4) is 0 Å². The highest BCUT2D eigenvalue weighted by Crippen LogP contribution is 2.41. The number of hydrogen-bond acceptors (Lipinski definition) is 6. The molecule has 3 heterocycles. The lowest BCUT2D eigenvalue weighted by molar-refractivity contribution is 0.0385. The second-order valence-corrected chi connectivity index (χ2v) is 9.55. The Kier molecular flexibility index (Phi) is 6.69. The van der Waals surface area contributed by atoms with Gasteiger partial charge in [0.15, 0.2) is 0 Å². The van der Waals surface area contributed by atoms with Crippen molar-refractivity contribution >= 4 is 55.5 Å². The number of benzene rings is 1. The van der Waals surface area contributed by atoms with E-state index in [2.05, 4.69) is 20.8 Å². The van der Waals surface area contributed by atoms with E-state index in [9.17, 15) is 4.79 Å². The van der Waals surface area contributed by atoms with Crippen LogP contribution in [0.4, 0.5) is 5.69 Å². The number of rotatable bonds is 5. The third-order valence-electron chi connectivity index (χ3n) is 4.90. The molecule has 0 bridgehead atoms. The Morgan fingerprint density at radius 3 is 2.68 bits per heavy atom. The summed E-state index contributed by atoms with van der Waals surface area (Å²) in [5, 5.41) is 0.895. The first-order valence-corrected chi connectivity index (χ1v) is 11.8. The predicted octanol–water partition coefficient (Wildman–Crippen LogP) is 5.59. The minimum Gasteiger partial charge on any atom is -0.459 e. The molecular weight excluding hydrogens is 478 g/mol. The number of esters is 1. The molecule has 31 heavy (non-hydrogen) atoms. The molecule has 0 atom stereocenters. The number of thiophene rings is 1. The molecule has 0 spiro atoms. The number of hydrogen-bond donors (Lipinski definition) is 0. The van der Waals surface area contributed by atoms with Gasteiger partial charge in [0, 0.05) is 28.5 Å². The number of aliphatic imine (C=N–C) groups is 1. The standard InChI is InChI=1S/C23H24BrN3O3S/c1-14(2)30-23(28)21-20(25-13-27-8-10-29-11-9-27)19-15(3)12-18(26-22(19)31-21)16-4-6-17(24)7-5-16/h4-7,12-14H,8-11H2,1-3H3. The summed E-state index contributed by atoms with van der Waals surface area (Å²) in [4.78, 5) is 25.8. The Bertz CT molecular complexity index is 1120. The van der Waals surface area contributed by atoms with Gasteiger partial charge in [0.1, 0.15) is 9.71 Å². The van der Waals surface area contributed by atoms with Crippen LogP contribution in [0.5, 0.6) is 0 Å². The number of pyridine rings is 1. The third kappa shape index (κ3) is 4.97. The van der Waals surface area contributed by atoms with Crippen LogP contribution in [0, 0.1) is 6.92 Å². The van der Waals surface area contributed by atoms with E-state index in [4.69, 9.17) is 19.5 Å². The molecule has 1 aromatic carbocycles. The van der Waals surface area contributed by atoms with Crippen molar-refractivity contribution in [2.24, 2.45) is 4.99 Å². The highest BCUT2D eigenvalue weighted by atomic mass is 79.9. The molecule has 3 aromatic rings. The van der Waals surface area contributed by atoms with Gasteiger partial charge in [0.05, 0.1) is 37.0 Å². The highest BCUT2D eigenvalue weighted by Gasteiger charge is 2.23. The lowest BCUT2D eigenvalue weighted by atomic mass is 10.1. The third-order valence-corrected chi connectivity index (χ3v) is 6.48. The smallest absolute Gasteiger partial charge is 0.350 e. The second-order valence-electron chi connectivity index (χ2n) is 7.64. The molecule has 1 aliphatic rings. The van der Waals surface area contributed by atoms with Crippen molar-refractivity contribution in [2.45, 2.75) is 26.9 Å². The van der Waals surface area contributed by atoms with Crippen LogP contribution in [-0.4, -0.2) is 54.6 Å². The molecule has 1 fully saturated rings. The van der Waals surface area contributed by atoms with E-state index in [0.29, 0.717) is 23.8 Å². The predicted molar refractivity (Wildman–Crippen MR) is 129 cm³/mol. The van der Waals surface area contributed by atoms with Gasteiger partial charge < -0.3 is 14.4 Å². The molecule has 4 rings (SSSR count). The van der Waals surface area contributed by atoms with Crippen molar-refractivity contribution in [2.75, 3.05) is 26.3 Å². The monoisotopic (exact) mass is 501 g/mol. The maximum absolute atomic E-state index is 12.8. The van der Waals surface area contributed by atoms with E-state index >= 15 is 0 Å².